The van der Waals surface area contributed by atoms with Gasteiger partial charge in [0, 0.05) is 0 Å². The minimum atomic E-state index is 0.171. The monoisotopic (exact) mass is 290 g/mol. The number of allylic oxidation sites excluding steroid dienone is 2. The van der Waals surface area contributed by atoms with Gasteiger partial charge in [-0.3, -0.25) is 0 Å². The summed E-state index contributed by atoms with van der Waals surface area (Å²) in [5, 5.41) is 9.04. The molecule has 0 spiro atoms. The van der Waals surface area contributed by atoms with Crippen molar-refractivity contribution in [2.75, 3.05) is 6.61 Å². The van der Waals surface area contributed by atoms with Crippen LogP contribution in [0.5, 0.6) is 0 Å². The molecule has 0 aromatic rings. The molecule has 1 nitrogen and oxygen atoms in total. The van der Waals surface area contributed by atoms with Gasteiger partial charge in [-0.15, -0.1) is 0 Å². The summed E-state index contributed by atoms with van der Waals surface area (Å²) in [6.07, 6.45) is 11.0. The van der Waals surface area contributed by atoms with Crippen molar-refractivity contribution in [1.29, 1.82) is 0 Å². The second kappa shape index (κ2) is 6.28. The van der Waals surface area contributed by atoms with Gasteiger partial charge in [0.2, 0.25) is 0 Å². The molecule has 2 aliphatic rings. The van der Waals surface area contributed by atoms with Crippen molar-refractivity contribution in [3.05, 3.63) is 23.8 Å². The zero-order valence-electron chi connectivity index (χ0n) is 14.5. The van der Waals surface area contributed by atoms with Crippen LogP contribution in [0, 0.1) is 22.7 Å². The number of fused-ring (bicyclic) bond motifs is 1. The molecule has 0 radical (unpaired) electrons. The lowest BCUT2D eigenvalue weighted by atomic mass is 9.47. The van der Waals surface area contributed by atoms with Crippen molar-refractivity contribution in [1.82, 2.24) is 0 Å². The summed E-state index contributed by atoms with van der Waals surface area (Å²) in [7, 11) is 0. The molecule has 0 unspecified atom stereocenters. The maximum absolute atomic E-state index is 9.04. The summed E-state index contributed by atoms with van der Waals surface area (Å²) < 4.78 is 0. The number of hydrogen-bond donors (Lipinski definition) is 1. The molecule has 0 aliphatic heterocycles. The first-order valence-corrected chi connectivity index (χ1v) is 8.75. The molecule has 0 aromatic carbocycles. The lowest BCUT2D eigenvalue weighted by Gasteiger charge is -2.58. The average Bonchev–Trinajstić information content (AvgIpc) is 2.37. The van der Waals surface area contributed by atoms with Crippen LogP contribution < -0.4 is 0 Å². The fourth-order valence-electron chi connectivity index (χ4n) is 5.44. The van der Waals surface area contributed by atoms with E-state index < -0.39 is 0 Å². The molecule has 1 heteroatoms. The van der Waals surface area contributed by atoms with E-state index in [9.17, 15) is 0 Å². The Hall–Kier alpha value is -0.560. The van der Waals surface area contributed by atoms with E-state index in [4.69, 9.17) is 5.11 Å². The van der Waals surface area contributed by atoms with Gasteiger partial charge < -0.3 is 5.11 Å². The lowest BCUT2D eigenvalue weighted by molar-refractivity contribution is -0.0539. The molecular formula is C20H34O. The number of hydrogen-bond acceptors (Lipinski definition) is 1. The molecule has 2 fully saturated rings. The molecule has 21 heavy (non-hydrogen) atoms. The largest absolute Gasteiger partial charge is 0.392 e. The second-order valence-electron chi connectivity index (χ2n) is 8.42. The Morgan fingerprint density at radius 3 is 2.71 bits per heavy atom. The van der Waals surface area contributed by atoms with Gasteiger partial charge in [-0.1, -0.05) is 51.0 Å². The van der Waals surface area contributed by atoms with Gasteiger partial charge in [0.05, 0.1) is 6.61 Å². The standard InChI is InChI=1S/C20H34O/c1-15(11-14-21)7-9-17-16(2)8-10-18-19(3,4)12-6-13-20(17,18)5/h11,17-18,21H,2,6-10,12-14H2,1,3-5H3/b15-11+/t17-,18-,20+/m1/s1. The summed E-state index contributed by atoms with van der Waals surface area (Å²) in [4.78, 5) is 0. The molecule has 3 atom stereocenters. The third kappa shape index (κ3) is 3.28. The van der Waals surface area contributed by atoms with Gasteiger partial charge in [0.15, 0.2) is 0 Å². The van der Waals surface area contributed by atoms with Crippen LogP contribution >= 0.6 is 0 Å². The van der Waals surface area contributed by atoms with Crippen molar-refractivity contribution in [3.63, 3.8) is 0 Å². The minimum absolute atomic E-state index is 0.171. The molecular weight excluding hydrogens is 256 g/mol. The van der Waals surface area contributed by atoms with Gasteiger partial charge in [-0.05, 0) is 68.1 Å². The quantitative estimate of drug-likeness (QED) is 0.677. The van der Waals surface area contributed by atoms with E-state index in [0.717, 1.165) is 12.3 Å². The van der Waals surface area contributed by atoms with Crippen molar-refractivity contribution < 1.29 is 5.11 Å². The topological polar surface area (TPSA) is 20.2 Å². The first-order valence-electron chi connectivity index (χ1n) is 8.75. The predicted octanol–water partition coefficient (Wildman–Crippen LogP) is 5.50. The summed E-state index contributed by atoms with van der Waals surface area (Å²) in [5.41, 5.74) is 3.74. The molecule has 0 amide bonds. The SMILES string of the molecule is C=C1CC[C@@H]2C(C)(C)CCC[C@@]2(C)[C@@H]1CC/C(C)=C/CO. The number of aliphatic hydroxyl groups is 1. The van der Waals surface area contributed by atoms with E-state index in [1.54, 1.807) is 0 Å². The van der Waals surface area contributed by atoms with Crippen molar-refractivity contribution in [3.8, 4) is 0 Å². The van der Waals surface area contributed by atoms with E-state index in [1.165, 1.54) is 49.7 Å². The first-order chi connectivity index (χ1) is 9.81. The van der Waals surface area contributed by atoms with E-state index in [1.807, 2.05) is 6.08 Å². The minimum Gasteiger partial charge on any atom is -0.392 e. The third-order valence-corrected chi connectivity index (χ3v) is 6.59. The van der Waals surface area contributed by atoms with E-state index >= 15 is 0 Å². The summed E-state index contributed by atoms with van der Waals surface area (Å²) >= 11 is 0. The highest BCUT2D eigenvalue weighted by Gasteiger charge is 2.52. The smallest absolute Gasteiger partial charge is 0.0614 e. The van der Waals surface area contributed by atoms with Crippen LogP contribution in [0.3, 0.4) is 0 Å². The van der Waals surface area contributed by atoms with E-state index in [0.29, 0.717) is 16.7 Å². The summed E-state index contributed by atoms with van der Waals surface area (Å²) in [6, 6.07) is 0. The Morgan fingerprint density at radius 2 is 2.05 bits per heavy atom. The van der Waals surface area contributed by atoms with E-state index in [2.05, 4.69) is 34.3 Å². The number of aliphatic hydroxyl groups excluding tert-OH is 1. The summed E-state index contributed by atoms with van der Waals surface area (Å²) in [5.74, 6) is 1.51. The molecule has 2 saturated carbocycles. The average molecular weight is 290 g/mol. The number of rotatable bonds is 4. The van der Waals surface area contributed by atoms with Crippen LogP contribution in [0.4, 0.5) is 0 Å². The Balaban J connectivity index is 2.17. The zero-order valence-corrected chi connectivity index (χ0v) is 14.5. The Labute approximate surface area is 131 Å². The third-order valence-electron chi connectivity index (χ3n) is 6.59. The highest BCUT2D eigenvalue weighted by atomic mass is 16.2. The molecule has 0 saturated heterocycles. The first kappa shape index (κ1) is 16.8. The maximum atomic E-state index is 9.04. The molecule has 0 bridgehead atoms. The Morgan fingerprint density at radius 1 is 1.33 bits per heavy atom. The molecule has 2 rings (SSSR count). The van der Waals surface area contributed by atoms with Gasteiger partial charge >= 0.3 is 0 Å². The van der Waals surface area contributed by atoms with E-state index in [-0.39, 0.29) is 6.61 Å². The van der Waals surface area contributed by atoms with Crippen LogP contribution in [0.2, 0.25) is 0 Å². The highest BCUT2D eigenvalue weighted by Crippen LogP contribution is 2.61. The van der Waals surface area contributed by atoms with Crippen molar-refractivity contribution in [2.45, 2.75) is 72.6 Å². The van der Waals surface area contributed by atoms with Crippen LogP contribution in [-0.2, 0) is 0 Å². The fraction of sp³-hybridized carbons (Fsp3) is 0.800. The van der Waals surface area contributed by atoms with Crippen molar-refractivity contribution >= 4 is 0 Å². The van der Waals surface area contributed by atoms with Crippen LogP contribution in [-0.4, -0.2) is 11.7 Å². The van der Waals surface area contributed by atoms with Gasteiger partial charge in [-0.2, -0.15) is 0 Å². The zero-order chi connectivity index (χ0) is 15.7. The molecule has 0 aromatic heterocycles. The Kier molecular flexibility index (Phi) is 5.03. The molecule has 0 heterocycles. The maximum Gasteiger partial charge on any atom is 0.0614 e. The van der Waals surface area contributed by atoms with Gasteiger partial charge in [0.25, 0.3) is 0 Å². The van der Waals surface area contributed by atoms with Crippen molar-refractivity contribution in [2.24, 2.45) is 22.7 Å². The Bertz CT molecular complexity index is 418. The fourth-order valence-corrected chi connectivity index (χ4v) is 5.44. The normalized spacial score (nSPS) is 36.4. The molecule has 1 N–H and O–H groups in total. The van der Waals surface area contributed by atoms with Gasteiger partial charge in [0.1, 0.15) is 0 Å². The molecule has 120 valence electrons. The van der Waals surface area contributed by atoms with Crippen LogP contribution in [0.25, 0.3) is 0 Å². The highest BCUT2D eigenvalue weighted by molar-refractivity contribution is 5.16. The predicted molar refractivity (Wildman–Crippen MR) is 91.2 cm³/mol. The second-order valence-corrected chi connectivity index (χ2v) is 8.42. The lowest BCUT2D eigenvalue weighted by Crippen LogP contribution is -2.49. The van der Waals surface area contributed by atoms with Gasteiger partial charge in [-0.25, -0.2) is 0 Å². The van der Waals surface area contributed by atoms with Crippen LogP contribution in [0.15, 0.2) is 23.8 Å². The van der Waals surface area contributed by atoms with Crippen LogP contribution in [0.1, 0.15) is 72.6 Å². The molecule has 2 aliphatic carbocycles. The summed E-state index contributed by atoms with van der Waals surface area (Å²) in [6.45, 7) is 14.3.